The SMILES string of the molecule is Cc1cc(/C=C/C(=O)N2C3CNCC2CN(Cc2ccc(F)cc2)C3)c(NS(C)(=O)=O)cc1Cl. The summed E-state index contributed by atoms with van der Waals surface area (Å²) in [6.07, 6.45) is 4.20. The van der Waals surface area contributed by atoms with E-state index in [1.807, 2.05) is 11.8 Å². The average molecular weight is 507 g/mol. The Morgan fingerprint density at radius 3 is 2.47 bits per heavy atom. The van der Waals surface area contributed by atoms with Gasteiger partial charge in [-0.25, -0.2) is 12.8 Å². The van der Waals surface area contributed by atoms with Crippen molar-refractivity contribution in [3.05, 3.63) is 70.0 Å². The van der Waals surface area contributed by atoms with E-state index in [4.69, 9.17) is 11.6 Å². The molecule has 2 aromatic rings. The Labute approximate surface area is 204 Å². The van der Waals surface area contributed by atoms with Gasteiger partial charge >= 0.3 is 0 Å². The maximum absolute atomic E-state index is 13.2. The van der Waals surface area contributed by atoms with Crippen molar-refractivity contribution in [1.29, 1.82) is 0 Å². The molecule has 0 saturated carbocycles. The minimum absolute atomic E-state index is 0.00525. The molecule has 182 valence electrons. The van der Waals surface area contributed by atoms with Crippen molar-refractivity contribution < 1.29 is 17.6 Å². The molecule has 10 heteroatoms. The molecule has 2 fully saturated rings. The van der Waals surface area contributed by atoms with E-state index < -0.39 is 10.0 Å². The summed E-state index contributed by atoms with van der Waals surface area (Å²) in [5.41, 5.74) is 2.71. The fourth-order valence-electron chi connectivity index (χ4n) is 4.60. The molecule has 2 heterocycles. The highest BCUT2D eigenvalue weighted by Crippen LogP contribution is 2.27. The van der Waals surface area contributed by atoms with Crippen molar-refractivity contribution in [3.8, 4) is 0 Å². The molecule has 2 aromatic carbocycles. The van der Waals surface area contributed by atoms with Crippen molar-refractivity contribution >= 4 is 39.3 Å². The van der Waals surface area contributed by atoms with E-state index in [2.05, 4.69) is 14.9 Å². The van der Waals surface area contributed by atoms with Crippen LogP contribution in [-0.4, -0.2) is 68.6 Å². The minimum Gasteiger partial charge on any atom is -0.328 e. The van der Waals surface area contributed by atoms with Crippen LogP contribution in [0.2, 0.25) is 5.02 Å². The van der Waals surface area contributed by atoms with E-state index in [0.29, 0.717) is 49.0 Å². The maximum Gasteiger partial charge on any atom is 0.247 e. The molecule has 0 radical (unpaired) electrons. The molecule has 4 rings (SSSR count). The van der Waals surface area contributed by atoms with Gasteiger partial charge in [0.05, 0.1) is 24.0 Å². The third-order valence-corrected chi connectivity index (χ3v) is 7.09. The van der Waals surface area contributed by atoms with Crippen LogP contribution < -0.4 is 10.0 Å². The zero-order valence-electron chi connectivity index (χ0n) is 19.1. The van der Waals surface area contributed by atoms with Gasteiger partial charge in [-0.3, -0.25) is 14.4 Å². The van der Waals surface area contributed by atoms with Gasteiger partial charge in [-0.1, -0.05) is 23.7 Å². The molecular weight excluding hydrogens is 479 g/mol. The summed E-state index contributed by atoms with van der Waals surface area (Å²) in [6.45, 7) is 5.33. The molecule has 34 heavy (non-hydrogen) atoms. The summed E-state index contributed by atoms with van der Waals surface area (Å²) in [5.74, 6) is -0.367. The first-order valence-corrected chi connectivity index (χ1v) is 13.3. The van der Waals surface area contributed by atoms with Crippen LogP contribution in [0.4, 0.5) is 10.1 Å². The van der Waals surface area contributed by atoms with Crippen molar-refractivity contribution in [2.45, 2.75) is 25.6 Å². The Morgan fingerprint density at radius 1 is 1.21 bits per heavy atom. The van der Waals surface area contributed by atoms with E-state index in [9.17, 15) is 17.6 Å². The standard InChI is InChI=1S/C24H28ClFN4O3S/c1-16-9-18(23(10-22(16)25)28-34(2,32)33)5-8-24(31)30-20-11-27-12-21(30)15-29(14-20)13-17-3-6-19(26)7-4-17/h3-10,20-21,27-28H,11-15H2,1-2H3/b8-5+. The quantitative estimate of drug-likeness (QED) is 0.589. The van der Waals surface area contributed by atoms with Crippen LogP contribution in [-0.2, 0) is 21.4 Å². The summed E-state index contributed by atoms with van der Waals surface area (Å²) in [6, 6.07) is 9.83. The number of nitrogens with one attached hydrogen (secondary N) is 2. The number of halogens is 2. The smallest absolute Gasteiger partial charge is 0.247 e. The first-order valence-electron chi connectivity index (χ1n) is 11.0. The van der Waals surface area contributed by atoms with Gasteiger partial charge in [0.1, 0.15) is 5.82 Å². The molecule has 0 spiro atoms. The highest BCUT2D eigenvalue weighted by atomic mass is 35.5. The van der Waals surface area contributed by atoms with Crippen molar-refractivity contribution in [2.24, 2.45) is 0 Å². The fourth-order valence-corrected chi connectivity index (χ4v) is 5.34. The van der Waals surface area contributed by atoms with E-state index >= 15 is 0 Å². The summed E-state index contributed by atoms with van der Waals surface area (Å²) < 4.78 is 39.2. The summed E-state index contributed by atoms with van der Waals surface area (Å²) in [5, 5.41) is 3.84. The van der Waals surface area contributed by atoms with Gasteiger partial charge in [-0.15, -0.1) is 0 Å². The minimum atomic E-state index is -3.51. The van der Waals surface area contributed by atoms with E-state index in [0.717, 1.165) is 17.4 Å². The number of sulfonamides is 1. The van der Waals surface area contributed by atoms with Gasteiger partial charge in [-0.05, 0) is 54.0 Å². The fraction of sp³-hybridized carbons (Fsp3) is 0.375. The number of fused-ring (bicyclic) bond motifs is 2. The average Bonchev–Trinajstić information content (AvgIpc) is 2.75. The molecule has 2 bridgehead atoms. The van der Waals surface area contributed by atoms with Gasteiger partial charge in [0.2, 0.25) is 15.9 Å². The Kier molecular flexibility index (Phi) is 7.28. The van der Waals surface area contributed by atoms with Crippen molar-refractivity contribution in [1.82, 2.24) is 15.1 Å². The number of benzene rings is 2. The second-order valence-corrected chi connectivity index (χ2v) is 11.1. The van der Waals surface area contributed by atoms with Gasteiger partial charge in [-0.2, -0.15) is 0 Å². The predicted molar refractivity (Wildman–Crippen MR) is 133 cm³/mol. The molecule has 2 aliphatic rings. The molecule has 2 aliphatic heterocycles. The van der Waals surface area contributed by atoms with Crippen molar-refractivity contribution in [2.75, 3.05) is 37.2 Å². The number of aryl methyl sites for hydroxylation is 1. The Balaban J connectivity index is 1.49. The van der Waals surface area contributed by atoms with Crippen LogP contribution in [0.25, 0.3) is 6.08 Å². The number of piperazine rings is 2. The van der Waals surface area contributed by atoms with Crippen molar-refractivity contribution in [3.63, 3.8) is 0 Å². The van der Waals surface area contributed by atoms with Crippen LogP contribution in [0.15, 0.2) is 42.5 Å². The molecule has 0 aromatic heterocycles. The van der Waals surface area contributed by atoms with Crippen LogP contribution in [0, 0.1) is 12.7 Å². The zero-order valence-corrected chi connectivity index (χ0v) is 20.7. The van der Waals surface area contributed by atoms with E-state index in [1.165, 1.54) is 18.2 Å². The van der Waals surface area contributed by atoms with E-state index in [1.54, 1.807) is 30.3 Å². The summed E-state index contributed by atoms with van der Waals surface area (Å²) in [4.78, 5) is 17.4. The lowest BCUT2D eigenvalue weighted by Gasteiger charge is -2.50. The largest absolute Gasteiger partial charge is 0.328 e. The third kappa shape index (κ3) is 5.96. The molecule has 0 aliphatic carbocycles. The predicted octanol–water partition coefficient (Wildman–Crippen LogP) is 2.86. The monoisotopic (exact) mass is 506 g/mol. The molecule has 2 N–H and O–H groups in total. The Morgan fingerprint density at radius 2 is 1.85 bits per heavy atom. The number of amides is 1. The number of nitrogens with zero attached hydrogens (tertiary/aromatic N) is 2. The van der Waals surface area contributed by atoms with Crippen LogP contribution >= 0.6 is 11.6 Å². The van der Waals surface area contributed by atoms with Gasteiger partial charge < -0.3 is 10.2 Å². The maximum atomic E-state index is 13.2. The molecule has 2 unspecified atom stereocenters. The summed E-state index contributed by atoms with van der Waals surface area (Å²) >= 11 is 6.18. The molecule has 7 nitrogen and oxygen atoms in total. The van der Waals surface area contributed by atoms with Gasteiger partial charge in [0.15, 0.2) is 0 Å². The number of rotatable bonds is 6. The second-order valence-electron chi connectivity index (χ2n) is 8.93. The van der Waals surface area contributed by atoms with Gasteiger partial charge in [0, 0.05) is 43.8 Å². The Hall–Kier alpha value is -2.46. The molecular formula is C24H28ClFN4O3S. The highest BCUT2D eigenvalue weighted by molar-refractivity contribution is 7.92. The normalized spacial score (nSPS) is 21.1. The molecule has 2 saturated heterocycles. The van der Waals surface area contributed by atoms with E-state index in [-0.39, 0.29) is 23.8 Å². The lowest BCUT2D eigenvalue weighted by molar-refractivity contribution is -0.136. The van der Waals surface area contributed by atoms with Crippen LogP contribution in [0.3, 0.4) is 0 Å². The van der Waals surface area contributed by atoms with Gasteiger partial charge in [0.25, 0.3) is 0 Å². The molecule has 1 amide bonds. The molecule has 2 atom stereocenters. The van der Waals surface area contributed by atoms with Crippen LogP contribution in [0.5, 0.6) is 0 Å². The third-order valence-electron chi connectivity index (χ3n) is 6.09. The number of anilines is 1. The lowest BCUT2D eigenvalue weighted by atomic mass is 10.00. The zero-order chi connectivity index (χ0) is 24.5. The lowest BCUT2D eigenvalue weighted by Crippen LogP contribution is -2.68. The van der Waals surface area contributed by atoms with Crippen LogP contribution in [0.1, 0.15) is 16.7 Å². The number of carbonyl (C=O) groups is 1. The first-order chi connectivity index (χ1) is 16.1. The highest BCUT2D eigenvalue weighted by Gasteiger charge is 2.39. The Bertz CT molecular complexity index is 1190. The first kappa shape index (κ1) is 24.7. The number of carbonyl (C=O) groups excluding carboxylic acids is 1. The summed E-state index contributed by atoms with van der Waals surface area (Å²) in [7, 11) is -3.51. The number of hydrogen-bond acceptors (Lipinski definition) is 5. The number of hydrogen-bond donors (Lipinski definition) is 2. The second kappa shape index (κ2) is 10.0. The topological polar surface area (TPSA) is 81.8 Å².